The van der Waals surface area contributed by atoms with E-state index >= 15 is 0 Å². The highest BCUT2D eigenvalue weighted by molar-refractivity contribution is 7.90. The summed E-state index contributed by atoms with van der Waals surface area (Å²) in [6, 6.07) is 0. The van der Waals surface area contributed by atoms with Crippen molar-refractivity contribution in [1.29, 1.82) is 0 Å². The molecule has 0 heterocycles. The summed E-state index contributed by atoms with van der Waals surface area (Å²) in [5, 5.41) is 2.55. The van der Waals surface area contributed by atoms with E-state index in [4.69, 9.17) is 0 Å². The summed E-state index contributed by atoms with van der Waals surface area (Å²) in [5.41, 5.74) is 0.840. The van der Waals surface area contributed by atoms with E-state index < -0.39 is 9.84 Å². The summed E-state index contributed by atoms with van der Waals surface area (Å²) in [6.07, 6.45) is 1.13. The van der Waals surface area contributed by atoms with E-state index in [0.717, 1.165) is 11.8 Å². The van der Waals surface area contributed by atoms with Crippen molar-refractivity contribution in [2.45, 2.75) is 13.3 Å². The van der Waals surface area contributed by atoms with E-state index in [9.17, 15) is 13.2 Å². The number of sulfone groups is 1. The monoisotopic (exact) mass is 205 g/mol. The Bertz CT molecular complexity index is 293. The van der Waals surface area contributed by atoms with Crippen LogP contribution in [0.25, 0.3) is 0 Å². The van der Waals surface area contributed by atoms with Crippen LogP contribution in [0.4, 0.5) is 0 Å². The van der Waals surface area contributed by atoms with Gasteiger partial charge < -0.3 is 5.32 Å². The van der Waals surface area contributed by atoms with Gasteiger partial charge in [-0.25, -0.2) is 8.42 Å². The largest absolute Gasteiger partial charge is 0.352 e. The summed E-state index contributed by atoms with van der Waals surface area (Å²) >= 11 is 0. The molecule has 0 saturated heterocycles. The fourth-order valence-corrected chi connectivity index (χ4v) is 1.17. The lowest BCUT2D eigenvalue weighted by molar-refractivity contribution is -0.120. The van der Waals surface area contributed by atoms with Crippen LogP contribution in [0.5, 0.6) is 0 Å². The van der Waals surface area contributed by atoms with E-state index in [1.54, 1.807) is 6.92 Å². The quantitative estimate of drug-likeness (QED) is 0.648. The molecule has 0 radical (unpaired) electrons. The Morgan fingerprint density at radius 3 is 2.38 bits per heavy atom. The molecule has 0 aliphatic carbocycles. The van der Waals surface area contributed by atoms with Crippen LogP contribution in [-0.2, 0) is 14.6 Å². The average Bonchev–Trinajstić information content (AvgIpc) is 1.95. The SMILES string of the molecule is C=C(C)CNC(=O)CCS(C)(=O)=O. The lowest BCUT2D eigenvalue weighted by atomic mass is 10.3. The van der Waals surface area contributed by atoms with E-state index in [0.29, 0.717) is 6.54 Å². The van der Waals surface area contributed by atoms with E-state index in [1.807, 2.05) is 0 Å². The van der Waals surface area contributed by atoms with Crippen molar-refractivity contribution < 1.29 is 13.2 Å². The first-order chi connectivity index (χ1) is 5.81. The lowest BCUT2D eigenvalue weighted by Crippen LogP contribution is -2.26. The Labute approximate surface area is 78.9 Å². The van der Waals surface area contributed by atoms with E-state index in [1.165, 1.54) is 0 Å². The van der Waals surface area contributed by atoms with Crippen molar-refractivity contribution in [2.24, 2.45) is 0 Å². The van der Waals surface area contributed by atoms with Gasteiger partial charge in [-0.1, -0.05) is 12.2 Å². The molecule has 0 atom stereocenters. The molecule has 0 bridgehead atoms. The molecule has 0 aliphatic heterocycles. The summed E-state index contributed by atoms with van der Waals surface area (Å²) in [6.45, 7) is 5.80. The van der Waals surface area contributed by atoms with Gasteiger partial charge in [0.2, 0.25) is 5.91 Å². The summed E-state index contributed by atoms with van der Waals surface area (Å²) < 4.78 is 21.4. The topological polar surface area (TPSA) is 63.2 Å². The number of amides is 1. The first kappa shape index (κ1) is 12.2. The van der Waals surface area contributed by atoms with Gasteiger partial charge >= 0.3 is 0 Å². The van der Waals surface area contributed by atoms with Crippen molar-refractivity contribution >= 4 is 15.7 Å². The zero-order valence-electron chi connectivity index (χ0n) is 7.96. The maximum atomic E-state index is 11.0. The smallest absolute Gasteiger partial charge is 0.221 e. The first-order valence-electron chi connectivity index (χ1n) is 3.90. The normalized spacial score (nSPS) is 10.9. The second-order valence-electron chi connectivity index (χ2n) is 3.11. The van der Waals surface area contributed by atoms with Crippen LogP contribution in [-0.4, -0.2) is 32.9 Å². The van der Waals surface area contributed by atoms with Crippen molar-refractivity contribution in [2.75, 3.05) is 18.6 Å². The average molecular weight is 205 g/mol. The van der Waals surface area contributed by atoms with Crippen LogP contribution < -0.4 is 5.32 Å². The van der Waals surface area contributed by atoms with Gasteiger partial charge in [0, 0.05) is 19.2 Å². The minimum absolute atomic E-state index is 0.0200. The van der Waals surface area contributed by atoms with Crippen molar-refractivity contribution in [3.8, 4) is 0 Å². The molecule has 13 heavy (non-hydrogen) atoms. The lowest BCUT2D eigenvalue weighted by Gasteiger charge is -2.03. The fraction of sp³-hybridized carbons (Fsp3) is 0.625. The maximum Gasteiger partial charge on any atom is 0.221 e. The third-order valence-electron chi connectivity index (χ3n) is 1.29. The second-order valence-corrected chi connectivity index (χ2v) is 5.37. The van der Waals surface area contributed by atoms with E-state index in [-0.39, 0.29) is 18.1 Å². The highest BCUT2D eigenvalue weighted by Crippen LogP contribution is 1.89. The number of rotatable bonds is 5. The highest BCUT2D eigenvalue weighted by atomic mass is 32.2. The van der Waals surface area contributed by atoms with Gasteiger partial charge in [-0.3, -0.25) is 4.79 Å². The van der Waals surface area contributed by atoms with Gasteiger partial charge in [0.05, 0.1) is 5.75 Å². The Hall–Kier alpha value is -0.840. The molecule has 0 rings (SSSR count). The zero-order chi connectivity index (χ0) is 10.5. The molecule has 4 nitrogen and oxygen atoms in total. The van der Waals surface area contributed by atoms with Gasteiger partial charge in [0.15, 0.2) is 0 Å². The van der Waals surface area contributed by atoms with Crippen LogP contribution in [0.2, 0.25) is 0 Å². The Kier molecular flexibility index (Phi) is 4.69. The molecule has 0 fully saturated rings. The summed E-state index contributed by atoms with van der Waals surface area (Å²) in [5.74, 6) is -0.358. The zero-order valence-corrected chi connectivity index (χ0v) is 8.78. The number of carbonyl (C=O) groups excluding carboxylic acids is 1. The molecule has 1 amide bonds. The van der Waals surface area contributed by atoms with Crippen LogP contribution in [0.1, 0.15) is 13.3 Å². The third kappa shape index (κ3) is 9.07. The molecule has 0 aromatic heterocycles. The second kappa shape index (κ2) is 5.01. The number of hydrogen-bond acceptors (Lipinski definition) is 3. The summed E-state index contributed by atoms with van der Waals surface area (Å²) in [4.78, 5) is 11.0. The molecule has 5 heteroatoms. The van der Waals surface area contributed by atoms with Crippen LogP contribution >= 0.6 is 0 Å². The first-order valence-corrected chi connectivity index (χ1v) is 5.96. The molecular formula is C8H15NO3S. The number of hydrogen-bond donors (Lipinski definition) is 1. The molecule has 76 valence electrons. The molecule has 0 aromatic rings. The van der Waals surface area contributed by atoms with Gasteiger partial charge in [-0.05, 0) is 6.92 Å². The van der Waals surface area contributed by atoms with Crippen LogP contribution in [0, 0.1) is 0 Å². The molecule has 0 unspecified atom stereocenters. The third-order valence-corrected chi connectivity index (χ3v) is 2.23. The molecule has 0 aliphatic rings. The van der Waals surface area contributed by atoms with Gasteiger partial charge in [0.25, 0.3) is 0 Å². The van der Waals surface area contributed by atoms with Gasteiger partial charge in [0.1, 0.15) is 9.84 Å². The highest BCUT2D eigenvalue weighted by Gasteiger charge is 2.06. The van der Waals surface area contributed by atoms with Crippen molar-refractivity contribution in [3.05, 3.63) is 12.2 Å². The molecule has 0 aromatic carbocycles. The Morgan fingerprint density at radius 1 is 1.46 bits per heavy atom. The minimum atomic E-state index is -3.04. The Balaban J connectivity index is 3.71. The van der Waals surface area contributed by atoms with E-state index in [2.05, 4.69) is 11.9 Å². The predicted octanol–water partition coefficient (Wildman–Crippen LogP) is 0.113. The van der Waals surface area contributed by atoms with Crippen molar-refractivity contribution in [3.63, 3.8) is 0 Å². The molecule has 1 N–H and O–H groups in total. The number of carbonyl (C=O) groups is 1. The molecule has 0 spiro atoms. The van der Waals surface area contributed by atoms with Crippen LogP contribution in [0.3, 0.4) is 0 Å². The van der Waals surface area contributed by atoms with Gasteiger partial charge in [-0.15, -0.1) is 0 Å². The van der Waals surface area contributed by atoms with Crippen LogP contribution in [0.15, 0.2) is 12.2 Å². The summed E-state index contributed by atoms with van der Waals surface area (Å²) in [7, 11) is -3.04. The van der Waals surface area contributed by atoms with Crippen molar-refractivity contribution in [1.82, 2.24) is 5.32 Å². The fourth-order valence-electron chi connectivity index (χ4n) is 0.616. The minimum Gasteiger partial charge on any atom is -0.352 e. The molecular weight excluding hydrogens is 190 g/mol. The number of nitrogens with one attached hydrogen (secondary N) is 1. The van der Waals surface area contributed by atoms with Gasteiger partial charge in [-0.2, -0.15) is 0 Å². The molecule has 0 saturated carbocycles. The maximum absolute atomic E-state index is 11.0. The Morgan fingerprint density at radius 2 is 2.00 bits per heavy atom. The standard InChI is InChI=1S/C8H15NO3S/c1-7(2)6-9-8(10)4-5-13(3,11)12/h1,4-6H2,2-3H3,(H,9,10). The predicted molar refractivity (Wildman–Crippen MR) is 52.2 cm³/mol.